The van der Waals surface area contributed by atoms with Crippen molar-refractivity contribution in [3.63, 3.8) is 0 Å². The Morgan fingerprint density at radius 2 is 2.00 bits per heavy atom. The summed E-state index contributed by atoms with van der Waals surface area (Å²) in [6.07, 6.45) is 8.24. The van der Waals surface area contributed by atoms with Gasteiger partial charge in [-0.2, -0.15) is 5.10 Å². The van der Waals surface area contributed by atoms with Gasteiger partial charge in [0.15, 0.2) is 5.65 Å². The number of imidazole rings is 1. The van der Waals surface area contributed by atoms with E-state index in [9.17, 15) is 0 Å². The van der Waals surface area contributed by atoms with Crippen LogP contribution in [0.2, 0.25) is 0 Å². The molecule has 0 bridgehead atoms. The van der Waals surface area contributed by atoms with E-state index >= 15 is 0 Å². The first-order chi connectivity index (χ1) is 10.2. The summed E-state index contributed by atoms with van der Waals surface area (Å²) in [6, 6.07) is 0. The van der Waals surface area contributed by atoms with Crippen molar-refractivity contribution in [2.75, 3.05) is 0 Å². The van der Waals surface area contributed by atoms with Crippen molar-refractivity contribution in [1.29, 1.82) is 0 Å². The molecule has 0 amide bonds. The lowest BCUT2D eigenvalue weighted by molar-refractivity contribution is 0.323. The molecule has 0 N–H and O–H groups in total. The minimum Gasteiger partial charge on any atom is -0.312 e. The lowest BCUT2D eigenvalue weighted by atomic mass is 9.87. The molecule has 2 aromatic rings. The second-order valence-corrected chi connectivity index (χ2v) is 6.45. The molecular weight excluding hydrogens is 284 g/mol. The first kappa shape index (κ1) is 14.9. The smallest absolute Gasteiger partial charge is 0.158 e. The molecule has 1 fully saturated rings. The average molecular weight is 309 g/mol. The Bertz CT molecular complexity index is 607. The fraction of sp³-hybridized carbons (Fsp3) is 0.750. The Morgan fingerprint density at radius 3 is 2.67 bits per heavy atom. The fourth-order valence-corrected chi connectivity index (χ4v) is 3.82. The van der Waals surface area contributed by atoms with E-state index in [0.29, 0.717) is 5.88 Å². The van der Waals surface area contributed by atoms with E-state index in [-0.39, 0.29) is 0 Å². The first-order valence-electron chi connectivity index (χ1n) is 8.23. The van der Waals surface area contributed by atoms with Crippen molar-refractivity contribution < 1.29 is 0 Å². The number of hydrogen-bond donors (Lipinski definition) is 0. The predicted octanol–water partition coefficient (Wildman–Crippen LogP) is 4.27. The summed E-state index contributed by atoms with van der Waals surface area (Å²) in [5, 5.41) is 4.59. The molecule has 0 spiro atoms. The molecule has 0 aliphatic heterocycles. The molecule has 0 saturated heterocycles. The monoisotopic (exact) mass is 308 g/mol. The molecule has 5 heteroatoms. The highest BCUT2D eigenvalue weighted by Gasteiger charge is 2.19. The third kappa shape index (κ3) is 2.83. The van der Waals surface area contributed by atoms with Gasteiger partial charge >= 0.3 is 0 Å². The van der Waals surface area contributed by atoms with Crippen LogP contribution in [0.5, 0.6) is 0 Å². The summed E-state index contributed by atoms with van der Waals surface area (Å²) in [7, 11) is 0. The maximum absolute atomic E-state index is 6.12. The summed E-state index contributed by atoms with van der Waals surface area (Å²) < 4.78 is 4.37. The molecule has 0 atom stereocenters. The SMILES string of the molecule is CCn1nc(C)c2nc(CCl)n(CCC3CCCCC3)c21. The van der Waals surface area contributed by atoms with E-state index in [2.05, 4.69) is 21.3 Å². The van der Waals surface area contributed by atoms with Gasteiger partial charge in [-0.3, -0.25) is 0 Å². The Hall–Kier alpha value is -1.03. The van der Waals surface area contributed by atoms with Gasteiger partial charge in [-0.25, -0.2) is 9.67 Å². The number of fused-ring (bicyclic) bond motifs is 1. The fourth-order valence-electron chi connectivity index (χ4n) is 3.61. The standard InChI is InChI=1S/C16H25ClN4/c1-3-21-16-15(12(2)19-21)18-14(11-17)20(16)10-9-13-7-5-4-6-8-13/h13H,3-11H2,1-2H3. The normalized spacial score (nSPS) is 16.9. The number of aryl methyl sites for hydroxylation is 3. The summed E-state index contributed by atoms with van der Waals surface area (Å²) in [4.78, 5) is 4.71. The van der Waals surface area contributed by atoms with Crippen LogP contribution >= 0.6 is 11.6 Å². The van der Waals surface area contributed by atoms with Gasteiger partial charge in [-0.15, -0.1) is 11.6 Å². The molecule has 0 unspecified atom stereocenters. The van der Waals surface area contributed by atoms with E-state index in [1.165, 1.54) is 38.5 Å². The molecule has 2 heterocycles. The molecule has 0 radical (unpaired) electrons. The predicted molar refractivity (Wildman–Crippen MR) is 86.7 cm³/mol. The lowest BCUT2D eigenvalue weighted by Crippen LogP contribution is -2.13. The summed E-state index contributed by atoms with van der Waals surface area (Å²) in [6.45, 7) is 6.06. The van der Waals surface area contributed by atoms with Gasteiger partial charge in [-0.1, -0.05) is 32.1 Å². The number of nitrogens with zero attached hydrogens (tertiary/aromatic N) is 4. The van der Waals surface area contributed by atoms with Crippen LogP contribution in [0.3, 0.4) is 0 Å². The van der Waals surface area contributed by atoms with Crippen LogP contribution in [-0.2, 0) is 19.0 Å². The molecule has 1 aliphatic carbocycles. The third-order valence-electron chi connectivity index (χ3n) is 4.78. The highest BCUT2D eigenvalue weighted by molar-refractivity contribution is 6.16. The van der Waals surface area contributed by atoms with Crippen molar-refractivity contribution >= 4 is 22.8 Å². The zero-order valence-corrected chi connectivity index (χ0v) is 13.9. The van der Waals surface area contributed by atoms with Gasteiger partial charge in [0, 0.05) is 13.1 Å². The maximum atomic E-state index is 6.12. The minimum atomic E-state index is 0.475. The van der Waals surface area contributed by atoms with Gasteiger partial charge in [0.05, 0.1) is 11.6 Å². The van der Waals surface area contributed by atoms with Crippen LogP contribution in [0.15, 0.2) is 0 Å². The quantitative estimate of drug-likeness (QED) is 0.773. The average Bonchev–Trinajstić information content (AvgIpc) is 3.04. The number of rotatable bonds is 5. The zero-order valence-electron chi connectivity index (χ0n) is 13.1. The zero-order chi connectivity index (χ0) is 14.8. The summed E-state index contributed by atoms with van der Waals surface area (Å²) >= 11 is 6.12. The van der Waals surface area contributed by atoms with Crippen molar-refractivity contribution in [3.05, 3.63) is 11.5 Å². The summed E-state index contributed by atoms with van der Waals surface area (Å²) in [5.41, 5.74) is 3.19. The van der Waals surface area contributed by atoms with E-state index in [4.69, 9.17) is 16.6 Å². The Labute approximate surface area is 131 Å². The number of halogens is 1. The van der Waals surface area contributed by atoms with Crippen molar-refractivity contribution in [2.24, 2.45) is 5.92 Å². The van der Waals surface area contributed by atoms with E-state index in [1.54, 1.807) is 0 Å². The molecule has 3 rings (SSSR count). The Kier molecular flexibility index (Phi) is 4.53. The minimum absolute atomic E-state index is 0.475. The number of alkyl halides is 1. The third-order valence-corrected chi connectivity index (χ3v) is 5.02. The van der Waals surface area contributed by atoms with E-state index < -0.39 is 0 Å². The largest absolute Gasteiger partial charge is 0.312 e. The van der Waals surface area contributed by atoms with Crippen LogP contribution in [-0.4, -0.2) is 19.3 Å². The molecule has 21 heavy (non-hydrogen) atoms. The van der Waals surface area contributed by atoms with Gasteiger partial charge < -0.3 is 4.57 Å². The first-order valence-corrected chi connectivity index (χ1v) is 8.76. The molecule has 4 nitrogen and oxygen atoms in total. The van der Waals surface area contributed by atoms with E-state index in [1.807, 2.05) is 6.92 Å². The maximum Gasteiger partial charge on any atom is 0.158 e. The van der Waals surface area contributed by atoms with Crippen LogP contribution < -0.4 is 0 Å². The van der Waals surface area contributed by atoms with Crippen LogP contribution in [0.4, 0.5) is 0 Å². The van der Waals surface area contributed by atoms with Crippen LogP contribution in [0, 0.1) is 12.8 Å². The second-order valence-electron chi connectivity index (χ2n) is 6.18. The molecule has 116 valence electrons. The molecule has 1 saturated carbocycles. The van der Waals surface area contributed by atoms with Crippen LogP contribution in [0.1, 0.15) is 57.0 Å². The molecular formula is C16H25ClN4. The van der Waals surface area contributed by atoms with Gasteiger partial charge in [0.1, 0.15) is 11.3 Å². The highest BCUT2D eigenvalue weighted by Crippen LogP contribution is 2.28. The summed E-state index contributed by atoms with van der Waals surface area (Å²) in [5.74, 6) is 2.34. The lowest BCUT2D eigenvalue weighted by Gasteiger charge is -2.22. The van der Waals surface area contributed by atoms with Gasteiger partial charge in [0.2, 0.25) is 0 Å². The Balaban J connectivity index is 1.88. The molecule has 1 aliphatic rings. The van der Waals surface area contributed by atoms with Crippen molar-refractivity contribution in [1.82, 2.24) is 19.3 Å². The molecule has 0 aromatic carbocycles. The topological polar surface area (TPSA) is 35.6 Å². The Morgan fingerprint density at radius 1 is 1.24 bits per heavy atom. The molecule has 2 aromatic heterocycles. The van der Waals surface area contributed by atoms with Gasteiger partial charge in [-0.05, 0) is 26.2 Å². The van der Waals surface area contributed by atoms with Crippen molar-refractivity contribution in [3.8, 4) is 0 Å². The van der Waals surface area contributed by atoms with Crippen molar-refractivity contribution in [2.45, 2.75) is 71.3 Å². The second kappa shape index (κ2) is 6.39. The van der Waals surface area contributed by atoms with E-state index in [0.717, 1.165) is 41.7 Å². The number of aromatic nitrogens is 4. The highest BCUT2D eigenvalue weighted by atomic mass is 35.5. The number of hydrogen-bond acceptors (Lipinski definition) is 2. The van der Waals surface area contributed by atoms with Gasteiger partial charge in [0.25, 0.3) is 0 Å². The van der Waals surface area contributed by atoms with Crippen LogP contribution in [0.25, 0.3) is 11.2 Å².